The van der Waals surface area contributed by atoms with Crippen molar-refractivity contribution in [2.45, 2.75) is 13.8 Å². The Morgan fingerprint density at radius 1 is 1.46 bits per heavy atom. The van der Waals surface area contributed by atoms with Gasteiger partial charge in [0.1, 0.15) is 18.1 Å². The van der Waals surface area contributed by atoms with Crippen molar-refractivity contribution in [3.63, 3.8) is 0 Å². The Bertz CT molecular complexity index is 303. The molecule has 0 unspecified atom stereocenters. The van der Waals surface area contributed by atoms with Gasteiger partial charge in [0, 0.05) is 0 Å². The molecule has 0 aliphatic carbocycles. The molecule has 0 saturated carbocycles. The lowest BCUT2D eigenvalue weighted by Gasteiger charge is -2.06. The molecule has 1 aromatic carbocycles. The summed E-state index contributed by atoms with van der Waals surface area (Å²) in [5, 5.41) is 9.14. The number of benzene rings is 1. The van der Waals surface area contributed by atoms with Crippen molar-refractivity contribution in [1.29, 1.82) is 0 Å². The highest BCUT2D eigenvalue weighted by molar-refractivity contribution is 5.38. The van der Waals surface area contributed by atoms with Crippen LogP contribution in [0, 0.1) is 6.92 Å². The van der Waals surface area contributed by atoms with E-state index in [2.05, 4.69) is 0 Å². The second kappa shape index (κ2) is 4.55. The van der Waals surface area contributed by atoms with Crippen LogP contribution >= 0.6 is 0 Å². The molecule has 0 aromatic heterocycles. The predicted molar refractivity (Wildman–Crippen MR) is 53.2 cm³/mol. The van der Waals surface area contributed by atoms with E-state index in [1.165, 1.54) is 0 Å². The fraction of sp³-hybridized carbons (Fsp3) is 0.273. The second-order valence-electron chi connectivity index (χ2n) is 2.83. The van der Waals surface area contributed by atoms with Crippen LogP contribution in [0.1, 0.15) is 12.5 Å². The molecule has 13 heavy (non-hydrogen) atoms. The molecule has 0 heterocycles. The van der Waals surface area contributed by atoms with Gasteiger partial charge in [0.25, 0.3) is 0 Å². The zero-order valence-corrected chi connectivity index (χ0v) is 7.95. The van der Waals surface area contributed by atoms with Crippen molar-refractivity contribution >= 4 is 0 Å². The second-order valence-corrected chi connectivity index (χ2v) is 2.83. The summed E-state index contributed by atoms with van der Waals surface area (Å²) in [6, 6.07) is 5.08. The molecule has 0 radical (unpaired) electrons. The van der Waals surface area contributed by atoms with Gasteiger partial charge in [-0.3, -0.25) is 0 Å². The van der Waals surface area contributed by atoms with Crippen LogP contribution in [0.4, 0.5) is 0 Å². The molecule has 1 aromatic rings. The third kappa shape index (κ3) is 2.82. The van der Waals surface area contributed by atoms with E-state index in [0.29, 0.717) is 6.61 Å². The summed E-state index contributed by atoms with van der Waals surface area (Å²) in [6.07, 6.45) is 3.88. The zero-order valence-electron chi connectivity index (χ0n) is 7.95. The Balaban J connectivity index is 2.66. The average Bonchev–Trinajstić information content (AvgIpc) is 2.09. The van der Waals surface area contributed by atoms with E-state index in [1.807, 2.05) is 26.0 Å². The number of ether oxygens (including phenoxy) is 1. The summed E-state index contributed by atoms with van der Waals surface area (Å²) >= 11 is 0. The highest BCUT2D eigenvalue weighted by Gasteiger charge is 1.98. The lowest BCUT2D eigenvalue weighted by Crippen LogP contribution is -1.94. The van der Waals surface area contributed by atoms with Crippen molar-refractivity contribution in [2.75, 3.05) is 6.61 Å². The molecular formula is C11H14O2. The van der Waals surface area contributed by atoms with E-state index >= 15 is 0 Å². The molecule has 0 saturated heterocycles. The SMILES string of the molecule is C/C=C/COc1ccc(O)cc1C. The Hall–Kier alpha value is -1.44. The molecule has 2 heteroatoms. The van der Waals surface area contributed by atoms with Crippen LogP contribution in [0.2, 0.25) is 0 Å². The third-order valence-corrected chi connectivity index (χ3v) is 1.73. The summed E-state index contributed by atoms with van der Waals surface area (Å²) in [4.78, 5) is 0. The van der Waals surface area contributed by atoms with Crippen LogP contribution in [0.25, 0.3) is 0 Å². The zero-order chi connectivity index (χ0) is 9.68. The molecule has 70 valence electrons. The van der Waals surface area contributed by atoms with Crippen LogP contribution in [0.3, 0.4) is 0 Å². The van der Waals surface area contributed by atoms with Crippen molar-refractivity contribution in [3.8, 4) is 11.5 Å². The van der Waals surface area contributed by atoms with Crippen LogP contribution in [-0.2, 0) is 0 Å². The standard InChI is InChI=1S/C11H14O2/c1-3-4-7-13-11-6-5-10(12)8-9(11)2/h3-6,8,12H,7H2,1-2H3/b4-3+. The van der Waals surface area contributed by atoms with E-state index in [0.717, 1.165) is 11.3 Å². The first-order chi connectivity index (χ1) is 6.24. The third-order valence-electron chi connectivity index (χ3n) is 1.73. The van der Waals surface area contributed by atoms with Crippen LogP contribution in [0.15, 0.2) is 30.4 Å². The molecule has 0 bridgehead atoms. The Morgan fingerprint density at radius 2 is 2.23 bits per heavy atom. The summed E-state index contributed by atoms with van der Waals surface area (Å²) in [6.45, 7) is 4.43. The average molecular weight is 178 g/mol. The van der Waals surface area contributed by atoms with Crippen molar-refractivity contribution in [2.24, 2.45) is 0 Å². The number of aromatic hydroxyl groups is 1. The van der Waals surface area contributed by atoms with Crippen LogP contribution < -0.4 is 4.74 Å². The van der Waals surface area contributed by atoms with Gasteiger partial charge in [-0.1, -0.05) is 12.2 Å². The van der Waals surface area contributed by atoms with Gasteiger partial charge in [0.05, 0.1) is 0 Å². The molecule has 0 spiro atoms. The number of phenols is 1. The van der Waals surface area contributed by atoms with E-state index in [9.17, 15) is 0 Å². The van der Waals surface area contributed by atoms with Gasteiger partial charge in [0.2, 0.25) is 0 Å². The van der Waals surface area contributed by atoms with Crippen LogP contribution in [0.5, 0.6) is 11.5 Å². The normalized spacial score (nSPS) is 10.6. The quantitative estimate of drug-likeness (QED) is 0.721. The molecule has 2 nitrogen and oxygen atoms in total. The van der Waals surface area contributed by atoms with Gasteiger partial charge in [-0.05, 0) is 37.6 Å². The first-order valence-electron chi connectivity index (χ1n) is 4.27. The van der Waals surface area contributed by atoms with E-state index in [1.54, 1.807) is 18.2 Å². The highest BCUT2D eigenvalue weighted by atomic mass is 16.5. The monoisotopic (exact) mass is 178 g/mol. The fourth-order valence-electron chi connectivity index (χ4n) is 1.03. The fourth-order valence-corrected chi connectivity index (χ4v) is 1.03. The van der Waals surface area contributed by atoms with Gasteiger partial charge in [-0.15, -0.1) is 0 Å². The minimum Gasteiger partial charge on any atom is -0.508 e. The number of aryl methyl sites for hydroxylation is 1. The van der Waals surface area contributed by atoms with Crippen molar-refractivity contribution in [3.05, 3.63) is 35.9 Å². The molecule has 0 aliphatic heterocycles. The minimum atomic E-state index is 0.274. The number of phenolic OH excluding ortho intramolecular Hbond substituents is 1. The number of allylic oxidation sites excluding steroid dienone is 1. The maximum atomic E-state index is 9.14. The molecule has 0 aliphatic rings. The number of hydrogen-bond donors (Lipinski definition) is 1. The van der Waals surface area contributed by atoms with Gasteiger partial charge in [0.15, 0.2) is 0 Å². The van der Waals surface area contributed by atoms with Gasteiger partial charge in [-0.25, -0.2) is 0 Å². The van der Waals surface area contributed by atoms with E-state index in [-0.39, 0.29) is 5.75 Å². The molecule has 1 rings (SSSR count). The van der Waals surface area contributed by atoms with Crippen LogP contribution in [-0.4, -0.2) is 11.7 Å². The smallest absolute Gasteiger partial charge is 0.122 e. The summed E-state index contributed by atoms with van der Waals surface area (Å²) < 4.78 is 5.43. The predicted octanol–water partition coefficient (Wildman–Crippen LogP) is 2.66. The first kappa shape index (κ1) is 9.65. The number of hydrogen-bond acceptors (Lipinski definition) is 2. The first-order valence-corrected chi connectivity index (χ1v) is 4.27. The molecule has 0 atom stereocenters. The van der Waals surface area contributed by atoms with Gasteiger partial charge >= 0.3 is 0 Å². The maximum Gasteiger partial charge on any atom is 0.122 e. The number of rotatable bonds is 3. The summed E-state index contributed by atoms with van der Waals surface area (Å²) in [5.74, 6) is 1.09. The van der Waals surface area contributed by atoms with E-state index < -0.39 is 0 Å². The Labute approximate surface area is 78.5 Å². The lowest BCUT2D eigenvalue weighted by molar-refractivity contribution is 0.359. The topological polar surface area (TPSA) is 29.5 Å². The summed E-state index contributed by atoms with van der Waals surface area (Å²) in [7, 11) is 0. The lowest BCUT2D eigenvalue weighted by atomic mass is 10.2. The molecular weight excluding hydrogens is 164 g/mol. The van der Waals surface area contributed by atoms with Crippen molar-refractivity contribution < 1.29 is 9.84 Å². The molecule has 0 amide bonds. The molecule has 1 N–H and O–H groups in total. The van der Waals surface area contributed by atoms with Gasteiger partial charge in [-0.2, -0.15) is 0 Å². The highest BCUT2D eigenvalue weighted by Crippen LogP contribution is 2.22. The van der Waals surface area contributed by atoms with E-state index in [4.69, 9.17) is 9.84 Å². The van der Waals surface area contributed by atoms with Crippen molar-refractivity contribution in [1.82, 2.24) is 0 Å². The van der Waals surface area contributed by atoms with Gasteiger partial charge < -0.3 is 9.84 Å². The largest absolute Gasteiger partial charge is 0.508 e. The summed E-state index contributed by atoms with van der Waals surface area (Å²) in [5.41, 5.74) is 0.949. The minimum absolute atomic E-state index is 0.274. The Morgan fingerprint density at radius 3 is 2.85 bits per heavy atom. The Kier molecular flexibility index (Phi) is 3.38. The maximum absolute atomic E-state index is 9.14. The molecule has 0 fully saturated rings.